The summed E-state index contributed by atoms with van der Waals surface area (Å²) in [6.45, 7) is 0.928. The molecule has 12 heavy (non-hydrogen) atoms. The van der Waals surface area contributed by atoms with Crippen LogP contribution in [0.5, 0.6) is 0 Å². The number of carbonyl (C=O) groups is 3. The van der Waals surface area contributed by atoms with Crippen LogP contribution in [-0.2, 0) is 19.1 Å². The van der Waals surface area contributed by atoms with Crippen LogP contribution in [0.3, 0.4) is 0 Å². The first-order valence-electron chi connectivity index (χ1n) is 3.09. The number of aliphatic carboxylic acids is 1. The topological polar surface area (TPSA) is 80.7 Å². The van der Waals surface area contributed by atoms with Gasteiger partial charge in [0.05, 0.1) is 0 Å². The number of ether oxygens (including phenoxy) is 1. The molecule has 0 radical (unpaired) electrons. The van der Waals surface area contributed by atoms with Gasteiger partial charge in [0, 0.05) is 12.2 Å². The summed E-state index contributed by atoms with van der Waals surface area (Å²) in [5.41, 5.74) is 0. The van der Waals surface area contributed by atoms with Crippen LogP contribution in [0.15, 0.2) is 12.2 Å². The lowest BCUT2D eigenvalue weighted by molar-refractivity contribution is -0.142. The Bertz CT molecular complexity index is 228. The first kappa shape index (κ1) is 10.3. The number of esters is 1. The van der Waals surface area contributed by atoms with Crippen LogP contribution < -0.4 is 0 Å². The van der Waals surface area contributed by atoms with E-state index in [1.54, 1.807) is 0 Å². The van der Waals surface area contributed by atoms with Gasteiger partial charge in [-0.1, -0.05) is 0 Å². The SMILES string of the molecule is CC(=O)COC(=O)/C=C\C(=O)O. The number of carboxylic acid groups (broad SMARTS) is 1. The molecule has 0 aromatic heterocycles. The summed E-state index contributed by atoms with van der Waals surface area (Å²) in [6, 6.07) is 0. The third-order valence-corrected chi connectivity index (χ3v) is 0.780. The summed E-state index contributed by atoms with van der Waals surface area (Å²) in [7, 11) is 0. The fraction of sp³-hybridized carbons (Fsp3) is 0.286. The first-order valence-corrected chi connectivity index (χ1v) is 3.09. The molecule has 66 valence electrons. The number of rotatable bonds is 4. The van der Waals surface area contributed by atoms with E-state index in [1.807, 2.05) is 0 Å². The van der Waals surface area contributed by atoms with E-state index in [1.165, 1.54) is 6.92 Å². The summed E-state index contributed by atoms with van der Waals surface area (Å²) in [5, 5.41) is 8.08. The standard InChI is InChI=1S/C7H8O5/c1-5(8)4-12-7(11)3-2-6(9)10/h2-3H,4H2,1H3,(H,9,10)/b3-2-. The molecule has 0 saturated carbocycles. The van der Waals surface area contributed by atoms with Crippen molar-refractivity contribution in [3.05, 3.63) is 12.2 Å². The van der Waals surface area contributed by atoms with E-state index in [4.69, 9.17) is 5.11 Å². The zero-order valence-corrected chi connectivity index (χ0v) is 6.44. The Morgan fingerprint density at radius 1 is 1.33 bits per heavy atom. The van der Waals surface area contributed by atoms with Crippen molar-refractivity contribution in [2.45, 2.75) is 6.92 Å². The van der Waals surface area contributed by atoms with E-state index in [0.29, 0.717) is 6.08 Å². The minimum Gasteiger partial charge on any atom is -0.478 e. The molecule has 0 fully saturated rings. The van der Waals surface area contributed by atoms with Crippen molar-refractivity contribution in [3.63, 3.8) is 0 Å². The Morgan fingerprint density at radius 3 is 2.33 bits per heavy atom. The molecule has 1 N–H and O–H groups in total. The number of carbonyl (C=O) groups excluding carboxylic acids is 2. The van der Waals surface area contributed by atoms with E-state index in [9.17, 15) is 14.4 Å². The van der Waals surface area contributed by atoms with Crippen molar-refractivity contribution in [3.8, 4) is 0 Å². The van der Waals surface area contributed by atoms with Crippen molar-refractivity contribution < 1.29 is 24.2 Å². The Hall–Kier alpha value is -1.65. The second kappa shape index (κ2) is 5.06. The fourth-order valence-electron chi connectivity index (χ4n) is 0.360. The fourth-order valence-corrected chi connectivity index (χ4v) is 0.360. The van der Waals surface area contributed by atoms with E-state index in [-0.39, 0.29) is 12.4 Å². The minimum atomic E-state index is -1.24. The maximum absolute atomic E-state index is 10.5. The Morgan fingerprint density at radius 2 is 1.92 bits per heavy atom. The highest BCUT2D eigenvalue weighted by molar-refractivity contribution is 5.91. The van der Waals surface area contributed by atoms with Gasteiger partial charge in [0.25, 0.3) is 0 Å². The van der Waals surface area contributed by atoms with Crippen LogP contribution >= 0.6 is 0 Å². The molecule has 0 atom stereocenters. The van der Waals surface area contributed by atoms with Gasteiger partial charge in [0.1, 0.15) is 6.61 Å². The Labute approximate surface area is 68.6 Å². The van der Waals surface area contributed by atoms with Crippen molar-refractivity contribution >= 4 is 17.7 Å². The molecule has 0 aliphatic carbocycles. The molecule has 0 unspecified atom stereocenters. The molecule has 5 nitrogen and oxygen atoms in total. The van der Waals surface area contributed by atoms with Crippen molar-refractivity contribution in [1.82, 2.24) is 0 Å². The quantitative estimate of drug-likeness (QED) is 0.467. The maximum atomic E-state index is 10.5. The van der Waals surface area contributed by atoms with Gasteiger partial charge in [0.15, 0.2) is 5.78 Å². The average Bonchev–Trinajstić information content (AvgIpc) is 1.96. The zero-order chi connectivity index (χ0) is 9.56. The predicted molar refractivity (Wildman–Crippen MR) is 38.4 cm³/mol. The van der Waals surface area contributed by atoms with Crippen LogP contribution in [-0.4, -0.2) is 29.4 Å². The number of carboxylic acids is 1. The van der Waals surface area contributed by atoms with Gasteiger partial charge < -0.3 is 9.84 Å². The van der Waals surface area contributed by atoms with Crippen molar-refractivity contribution in [2.75, 3.05) is 6.61 Å². The predicted octanol–water partition coefficient (Wildman–Crippen LogP) is -0.241. The van der Waals surface area contributed by atoms with Crippen LogP contribution in [0.2, 0.25) is 0 Å². The normalized spacial score (nSPS) is 9.75. The molecule has 0 spiro atoms. The average molecular weight is 172 g/mol. The maximum Gasteiger partial charge on any atom is 0.331 e. The number of Topliss-reactive ketones (excluding diaryl/α,β-unsaturated/α-hetero) is 1. The lowest BCUT2D eigenvalue weighted by atomic mass is 10.5. The lowest BCUT2D eigenvalue weighted by Crippen LogP contribution is -2.09. The monoisotopic (exact) mass is 172 g/mol. The minimum absolute atomic E-state index is 0.299. The molecule has 0 aliphatic heterocycles. The molecule has 0 aromatic rings. The van der Waals surface area contributed by atoms with Gasteiger partial charge >= 0.3 is 11.9 Å². The third kappa shape index (κ3) is 6.47. The number of hydrogen-bond acceptors (Lipinski definition) is 4. The van der Waals surface area contributed by atoms with Gasteiger partial charge in [-0.15, -0.1) is 0 Å². The van der Waals surface area contributed by atoms with Crippen LogP contribution in [0, 0.1) is 0 Å². The van der Waals surface area contributed by atoms with Gasteiger partial charge in [-0.2, -0.15) is 0 Å². The zero-order valence-electron chi connectivity index (χ0n) is 6.44. The third-order valence-electron chi connectivity index (χ3n) is 0.780. The summed E-state index contributed by atoms with van der Waals surface area (Å²) in [6.07, 6.45) is 1.38. The highest BCUT2D eigenvalue weighted by atomic mass is 16.5. The smallest absolute Gasteiger partial charge is 0.331 e. The summed E-state index contributed by atoms with van der Waals surface area (Å²) >= 11 is 0. The van der Waals surface area contributed by atoms with E-state index in [2.05, 4.69) is 4.74 Å². The second-order valence-corrected chi connectivity index (χ2v) is 1.98. The first-order chi connectivity index (χ1) is 5.52. The highest BCUT2D eigenvalue weighted by Crippen LogP contribution is 1.82. The second-order valence-electron chi connectivity index (χ2n) is 1.98. The molecule has 5 heteroatoms. The molecule has 0 aromatic carbocycles. The van der Waals surface area contributed by atoms with Crippen LogP contribution in [0.4, 0.5) is 0 Å². The number of ketones is 1. The van der Waals surface area contributed by atoms with Crippen LogP contribution in [0.1, 0.15) is 6.92 Å². The van der Waals surface area contributed by atoms with E-state index < -0.39 is 11.9 Å². The summed E-state index contributed by atoms with van der Waals surface area (Å²) < 4.78 is 4.32. The summed E-state index contributed by atoms with van der Waals surface area (Å²) in [4.78, 5) is 30.7. The number of hydrogen-bond donors (Lipinski definition) is 1. The van der Waals surface area contributed by atoms with Gasteiger partial charge in [-0.25, -0.2) is 9.59 Å². The van der Waals surface area contributed by atoms with Crippen molar-refractivity contribution in [1.29, 1.82) is 0 Å². The molecule has 0 amide bonds. The molecule has 0 heterocycles. The van der Waals surface area contributed by atoms with Gasteiger partial charge in [0.2, 0.25) is 0 Å². The lowest BCUT2D eigenvalue weighted by Gasteiger charge is -1.95. The molecule has 0 rings (SSSR count). The molecule has 0 saturated heterocycles. The van der Waals surface area contributed by atoms with Crippen molar-refractivity contribution in [2.24, 2.45) is 0 Å². The largest absolute Gasteiger partial charge is 0.478 e. The van der Waals surface area contributed by atoms with Crippen LogP contribution in [0.25, 0.3) is 0 Å². The Kier molecular flexibility index (Phi) is 4.36. The molecule has 0 bridgehead atoms. The Balaban J connectivity index is 3.75. The molecular formula is C7H8O5. The van der Waals surface area contributed by atoms with Gasteiger partial charge in [-0.05, 0) is 6.92 Å². The van der Waals surface area contributed by atoms with E-state index >= 15 is 0 Å². The summed E-state index contributed by atoms with van der Waals surface area (Å²) in [5.74, 6) is -2.38. The highest BCUT2D eigenvalue weighted by Gasteiger charge is 1.99. The van der Waals surface area contributed by atoms with E-state index in [0.717, 1.165) is 6.08 Å². The molecule has 0 aliphatic rings. The molecular weight excluding hydrogens is 164 g/mol. The van der Waals surface area contributed by atoms with Gasteiger partial charge in [-0.3, -0.25) is 4.79 Å².